The van der Waals surface area contributed by atoms with Gasteiger partial charge >= 0.3 is 0 Å². The number of hydrogen-bond donors (Lipinski definition) is 1. The molecule has 0 aliphatic heterocycles. The summed E-state index contributed by atoms with van der Waals surface area (Å²) in [5, 5.41) is 6.04. The van der Waals surface area contributed by atoms with Crippen LogP contribution in [0.15, 0.2) is 93.0 Å². The van der Waals surface area contributed by atoms with E-state index in [1.165, 1.54) is 11.1 Å². The Balaban J connectivity index is 1.83. The highest BCUT2D eigenvalue weighted by Crippen LogP contribution is 2.32. The molecule has 0 aliphatic rings. The minimum absolute atomic E-state index is 0.224. The van der Waals surface area contributed by atoms with Gasteiger partial charge in [0.15, 0.2) is 12.2 Å². The number of rotatable bonds is 3. The van der Waals surface area contributed by atoms with Crippen LogP contribution < -0.4 is 11.3 Å². The Morgan fingerprint density at radius 1 is 0.933 bits per heavy atom. The van der Waals surface area contributed by atoms with Gasteiger partial charge in [-0.15, -0.1) is 0 Å². The largest absolute Gasteiger partial charge is 0.444 e. The Bertz CT molecular complexity index is 1440. The first kappa shape index (κ1) is 18.3. The van der Waals surface area contributed by atoms with E-state index in [1.807, 2.05) is 48.5 Å². The van der Waals surface area contributed by atoms with E-state index >= 15 is 0 Å². The third kappa shape index (κ3) is 3.09. The van der Waals surface area contributed by atoms with Gasteiger partial charge in [0.1, 0.15) is 0 Å². The van der Waals surface area contributed by atoms with Crippen LogP contribution in [-0.2, 0) is 0 Å². The Morgan fingerprint density at radius 2 is 1.67 bits per heavy atom. The molecule has 6 nitrogen and oxygen atoms in total. The minimum atomic E-state index is -0.224. The van der Waals surface area contributed by atoms with Gasteiger partial charge in [-0.05, 0) is 36.4 Å². The molecule has 7 heteroatoms. The van der Waals surface area contributed by atoms with Gasteiger partial charge in [0, 0.05) is 21.0 Å². The molecule has 0 atom stereocenters. The topological polar surface area (TPSA) is 86.9 Å². The molecule has 30 heavy (non-hydrogen) atoms. The van der Waals surface area contributed by atoms with Crippen LogP contribution in [0.25, 0.3) is 39.0 Å². The molecule has 5 rings (SSSR count). The molecule has 0 unspecified atom stereocenters. The quantitative estimate of drug-likeness (QED) is 0.382. The van der Waals surface area contributed by atoms with Gasteiger partial charge in [-0.1, -0.05) is 46.3 Å². The van der Waals surface area contributed by atoms with Gasteiger partial charge in [-0.3, -0.25) is 4.79 Å². The molecule has 2 N–H and O–H groups in total. The summed E-state index contributed by atoms with van der Waals surface area (Å²) in [6.07, 6.45) is 3.05. The number of halogens is 1. The van der Waals surface area contributed by atoms with Crippen LogP contribution in [0.2, 0.25) is 0 Å². The molecule has 0 saturated carbocycles. The third-order valence-electron chi connectivity index (χ3n) is 4.86. The first-order valence-electron chi connectivity index (χ1n) is 9.18. The first-order valence-corrected chi connectivity index (χ1v) is 9.98. The van der Waals surface area contributed by atoms with E-state index in [0.29, 0.717) is 28.2 Å². The van der Waals surface area contributed by atoms with Gasteiger partial charge < -0.3 is 10.2 Å². The molecule has 0 saturated heterocycles. The average Bonchev–Trinajstić information content (AvgIpc) is 3.30. The fourth-order valence-electron chi connectivity index (χ4n) is 3.47. The Labute approximate surface area is 179 Å². The van der Waals surface area contributed by atoms with Crippen LogP contribution >= 0.6 is 15.9 Å². The molecule has 3 aromatic carbocycles. The Hall–Kier alpha value is -3.71. The van der Waals surface area contributed by atoms with Crippen molar-refractivity contribution in [1.82, 2.24) is 14.8 Å². The van der Waals surface area contributed by atoms with E-state index in [9.17, 15) is 4.79 Å². The molecular weight excluding hydrogens is 444 g/mol. The summed E-state index contributed by atoms with van der Waals surface area (Å²) in [4.78, 5) is 17.2. The van der Waals surface area contributed by atoms with Crippen molar-refractivity contribution in [3.05, 3.63) is 94.1 Å². The van der Waals surface area contributed by atoms with Crippen molar-refractivity contribution in [1.29, 1.82) is 0 Å². The standard InChI is InChI=1S/C23H15BrN4O2/c24-16-10-14(21-12-26-13-30-21)9-15(11-16)22-17-5-1-2-6-18(17)23(29)28(27-22)20-8-4-3-7-19(20)25/h1-13H,25H2. The number of nitrogens with two attached hydrogens (primary N) is 1. The lowest BCUT2D eigenvalue weighted by atomic mass is 10.0. The summed E-state index contributed by atoms with van der Waals surface area (Å²) in [5.74, 6) is 0.641. The molecule has 0 aliphatic carbocycles. The highest BCUT2D eigenvalue weighted by molar-refractivity contribution is 9.10. The number of aromatic nitrogens is 3. The zero-order valence-corrected chi connectivity index (χ0v) is 17.2. The van der Waals surface area contributed by atoms with Crippen molar-refractivity contribution in [3.8, 4) is 28.3 Å². The van der Waals surface area contributed by atoms with E-state index in [0.717, 1.165) is 21.0 Å². The van der Waals surface area contributed by atoms with Crippen LogP contribution in [0.3, 0.4) is 0 Å². The molecular formula is C23H15BrN4O2. The van der Waals surface area contributed by atoms with Crippen LogP contribution in [0.4, 0.5) is 5.69 Å². The molecule has 0 radical (unpaired) electrons. The van der Waals surface area contributed by atoms with E-state index in [4.69, 9.17) is 15.2 Å². The normalized spacial score (nSPS) is 11.1. The van der Waals surface area contributed by atoms with Crippen molar-refractivity contribution in [2.45, 2.75) is 0 Å². The first-order chi connectivity index (χ1) is 14.6. The second-order valence-electron chi connectivity index (χ2n) is 6.76. The molecule has 2 heterocycles. The average molecular weight is 459 g/mol. The van der Waals surface area contributed by atoms with Crippen molar-refractivity contribution in [3.63, 3.8) is 0 Å². The van der Waals surface area contributed by atoms with Gasteiger partial charge in [0.2, 0.25) is 0 Å². The lowest BCUT2D eigenvalue weighted by Crippen LogP contribution is -2.23. The van der Waals surface area contributed by atoms with Crippen LogP contribution in [-0.4, -0.2) is 14.8 Å². The molecule has 0 spiro atoms. The zero-order chi connectivity index (χ0) is 20.7. The Morgan fingerprint density at radius 3 is 2.43 bits per heavy atom. The monoisotopic (exact) mass is 458 g/mol. The summed E-state index contributed by atoms with van der Waals surface area (Å²) >= 11 is 3.57. The van der Waals surface area contributed by atoms with E-state index in [2.05, 4.69) is 20.9 Å². The predicted octanol–water partition coefficient (Wildman–Crippen LogP) is 5.05. The van der Waals surface area contributed by atoms with Gasteiger partial charge in [0.05, 0.1) is 28.7 Å². The number of nitrogens with zero attached hydrogens (tertiary/aromatic N) is 3. The number of nitrogen functional groups attached to an aromatic ring is 1. The number of benzene rings is 3. The molecule has 0 amide bonds. The summed E-state index contributed by atoms with van der Waals surface area (Å²) in [5.41, 5.74) is 9.27. The van der Waals surface area contributed by atoms with Gasteiger partial charge in [-0.2, -0.15) is 9.78 Å². The second kappa shape index (κ2) is 7.27. The summed E-state index contributed by atoms with van der Waals surface area (Å²) in [6.45, 7) is 0. The van der Waals surface area contributed by atoms with E-state index < -0.39 is 0 Å². The Kier molecular flexibility index (Phi) is 4.44. The number of hydrogen-bond acceptors (Lipinski definition) is 5. The van der Waals surface area contributed by atoms with E-state index in [-0.39, 0.29) is 5.56 Å². The van der Waals surface area contributed by atoms with Crippen molar-refractivity contribution in [2.24, 2.45) is 0 Å². The van der Waals surface area contributed by atoms with Gasteiger partial charge in [0.25, 0.3) is 5.56 Å². The molecule has 5 aromatic rings. The van der Waals surface area contributed by atoms with Crippen molar-refractivity contribution in [2.75, 3.05) is 5.73 Å². The van der Waals surface area contributed by atoms with Gasteiger partial charge in [-0.25, -0.2) is 4.98 Å². The van der Waals surface area contributed by atoms with Crippen LogP contribution in [0.1, 0.15) is 0 Å². The summed E-state index contributed by atoms with van der Waals surface area (Å²) in [7, 11) is 0. The maximum atomic E-state index is 13.2. The maximum absolute atomic E-state index is 13.2. The minimum Gasteiger partial charge on any atom is -0.444 e. The van der Waals surface area contributed by atoms with Crippen LogP contribution in [0, 0.1) is 0 Å². The zero-order valence-electron chi connectivity index (χ0n) is 15.6. The fourth-order valence-corrected chi connectivity index (χ4v) is 3.97. The lowest BCUT2D eigenvalue weighted by Gasteiger charge is -2.13. The lowest BCUT2D eigenvalue weighted by molar-refractivity contribution is 0.572. The molecule has 2 aromatic heterocycles. The summed E-state index contributed by atoms with van der Waals surface area (Å²) in [6, 6.07) is 20.5. The smallest absolute Gasteiger partial charge is 0.279 e. The fraction of sp³-hybridized carbons (Fsp3) is 0. The van der Waals surface area contributed by atoms with Crippen molar-refractivity contribution >= 4 is 32.4 Å². The van der Waals surface area contributed by atoms with E-state index in [1.54, 1.807) is 24.4 Å². The highest BCUT2D eigenvalue weighted by Gasteiger charge is 2.16. The predicted molar refractivity (Wildman–Crippen MR) is 120 cm³/mol. The van der Waals surface area contributed by atoms with Crippen LogP contribution in [0.5, 0.6) is 0 Å². The SMILES string of the molecule is Nc1ccccc1-n1nc(-c2cc(Br)cc(-c3cnco3)c2)c2ccccc2c1=O. The highest BCUT2D eigenvalue weighted by atomic mass is 79.9. The molecule has 0 fully saturated rings. The molecule has 0 bridgehead atoms. The van der Waals surface area contributed by atoms with Crippen molar-refractivity contribution < 1.29 is 4.42 Å². The number of para-hydroxylation sites is 2. The number of anilines is 1. The second-order valence-corrected chi connectivity index (χ2v) is 7.68. The number of oxazole rings is 1. The maximum Gasteiger partial charge on any atom is 0.279 e. The summed E-state index contributed by atoms with van der Waals surface area (Å²) < 4.78 is 7.68. The molecule has 146 valence electrons. The third-order valence-corrected chi connectivity index (χ3v) is 5.32. The number of fused-ring (bicyclic) bond motifs is 1.